The molecule has 1 fully saturated rings. The second-order valence-electron chi connectivity index (χ2n) is 4.80. The molecule has 0 unspecified atom stereocenters. The monoisotopic (exact) mass is 283 g/mol. The minimum absolute atomic E-state index is 0.201. The number of ether oxygens (including phenoxy) is 1. The summed E-state index contributed by atoms with van der Waals surface area (Å²) in [6, 6.07) is 0. The predicted molar refractivity (Wildman–Crippen MR) is 66.1 cm³/mol. The van der Waals surface area contributed by atoms with Gasteiger partial charge in [0.25, 0.3) is 0 Å². The SMILES string of the molecule is Cc1nc(N)c2ncn([C@@H]3O[C@](F)(CO)C[C@H]3O)c2n1. The first-order chi connectivity index (χ1) is 9.43. The molecule has 0 aliphatic carbocycles. The summed E-state index contributed by atoms with van der Waals surface area (Å²) in [4.78, 5) is 12.2. The summed E-state index contributed by atoms with van der Waals surface area (Å²) in [6.45, 7) is 0.829. The molecule has 2 aromatic heterocycles. The summed E-state index contributed by atoms with van der Waals surface area (Å²) in [7, 11) is 0. The highest BCUT2D eigenvalue weighted by Gasteiger charge is 2.47. The van der Waals surface area contributed by atoms with Crippen molar-refractivity contribution in [2.45, 2.75) is 31.5 Å². The molecule has 0 saturated carbocycles. The second-order valence-corrected chi connectivity index (χ2v) is 4.80. The van der Waals surface area contributed by atoms with E-state index < -0.39 is 24.8 Å². The Balaban J connectivity index is 2.07. The predicted octanol–water partition coefficient (Wildman–Crippen LogP) is -0.345. The Hall–Kier alpha value is -1.84. The summed E-state index contributed by atoms with van der Waals surface area (Å²) in [5.74, 6) is -1.64. The van der Waals surface area contributed by atoms with E-state index in [4.69, 9.17) is 15.6 Å². The number of nitrogens with zero attached hydrogens (tertiary/aromatic N) is 4. The van der Waals surface area contributed by atoms with Crippen LogP contribution in [0.1, 0.15) is 18.5 Å². The number of aliphatic hydroxyl groups excluding tert-OH is 2. The van der Waals surface area contributed by atoms with E-state index in [1.165, 1.54) is 10.9 Å². The van der Waals surface area contributed by atoms with Gasteiger partial charge in [0, 0.05) is 6.42 Å². The zero-order chi connectivity index (χ0) is 14.5. The minimum Gasteiger partial charge on any atom is -0.390 e. The van der Waals surface area contributed by atoms with Crippen LogP contribution in [0.15, 0.2) is 6.33 Å². The molecule has 4 N–H and O–H groups in total. The van der Waals surface area contributed by atoms with Gasteiger partial charge in [-0.3, -0.25) is 4.57 Å². The molecule has 0 aromatic carbocycles. The third-order valence-electron chi connectivity index (χ3n) is 3.25. The van der Waals surface area contributed by atoms with Crippen LogP contribution in [-0.4, -0.2) is 48.3 Å². The number of aliphatic hydroxyl groups is 2. The molecular formula is C11H14FN5O3. The highest BCUT2D eigenvalue weighted by Crippen LogP contribution is 2.38. The lowest BCUT2D eigenvalue weighted by Crippen LogP contribution is -2.27. The van der Waals surface area contributed by atoms with Gasteiger partial charge in [-0.15, -0.1) is 0 Å². The van der Waals surface area contributed by atoms with Gasteiger partial charge in [-0.05, 0) is 6.92 Å². The number of fused-ring (bicyclic) bond motifs is 1. The molecule has 3 rings (SSSR count). The molecule has 108 valence electrons. The number of aromatic nitrogens is 4. The number of halogens is 1. The van der Waals surface area contributed by atoms with Crippen molar-refractivity contribution in [3.05, 3.63) is 12.2 Å². The van der Waals surface area contributed by atoms with E-state index in [1.54, 1.807) is 6.92 Å². The first kappa shape index (κ1) is 13.2. The van der Waals surface area contributed by atoms with Gasteiger partial charge in [-0.2, -0.15) is 0 Å². The maximum Gasteiger partial charge on any atom is 0.237 e. The molecule has 8 nitrogen and oxygen atoms in total. The van der Waals surface area contributed by atoms with E-state index in [0.29, 0.717) is 17.0 Å². The number of anilines is 1. The highest BCUT2D eigenvalue weighted by atomic mass is 19.2. The number of nitrogens with two attached hydrogens (primary N) is 1. The Bertz CT molecular complexity index is 663. The van der Waals surface area contributed by atoms with Crippen molar-refractivity contribution in [1.29, 1.82) is 0 Å². The number of rotatable bonds is 2. The zero-order valence-corrected chi connectivity index (χ0v) is 10.7. The van der Waals surface area contributed by atoms with Gasteiger partial charge in [0.15, 0.2) is 17.7 Å². The number of nitrogen functional groups attached to an aromatic ring is 1. The van der Waals surface area contributed by atoms with E-state index in [-0.39, 0.29) is 12.2 Å². The van der Waals surface area contributed by atoms with Crippen LogP contribution in [0.5, 0.6) is 0 Å². The first-order valence-electron chi connectivity index (χ1n) is 6.06. The van der Waals surface area contributed by atoms with Crippen LogP contribution < -0.4 is 5.73 Å². The average Bonchev–Trinajstić information content (AvgIpc) is 2.91. The number of hydrogen-bond donors (Lipinski definition) is 3. The molecule has 2 aromatic rings. The third kappa shape index (κ3) is 1.90. The van der Waals surface area contributed by atoms with E-state index in [1.807, 2.05) is 0 Å². The lowest BCUT2D eigenvalue weighted by molar-refractivity contribution is -0.179. The maximum atomic E-state index is 14.0. The van der Waals surface area contributed by atoms with Crippen molar-refractivity contribution < 1.29 is 19.3 Å². The molecule has 0 radical (unpaired) electrons. The van der Waals surface area contributed by atoms with Crippen LogP contribution in [0, 0.1) is 6.92 Å². The average molecular weight is 283 g/mol. The van der Waals surface area contributed by atoms with Crippen LogP contribution in [0.2, 0.25) is 0 Å². The van der Waals surface area contributed by atoms with Crippen molar-refractivity contribution in [2.24, 2.45) is 0 Å². The van der Waals surface area contributed by atoms with Gasteiger partial charge < -0.3 is 20.7 Å². The minimum atomic E-state index is -2.27. The van der Waals surface area contributed by atoms with Gasteiger partial charge in [-0.1, -0.05) is 0 Å². The number of aryl methyl sites for hydroxylation is 1. The Labute approximate surface area is 113 Å². The molecule has 0 spiro atoms. The fourth-order valence-electron chi connectivity index (χ4n) is 2.34. The fourth-order valence-corrected chi connectivity index (χ4v) is 2.34. The highest BCUT2D eigenvalue weighted by molar-refractivity contribution is 5.81. The molecule has 1 saturated heterocycles. The summed E-state index contributed by atoms with van der Waals surface area (Å²) in [5, 5.41) is 18.9. The van der Waals surface area contributed by atoms with E-state index in [9.17, 15) is 9.50 Å². The third-order valence-corrected chi connectivity index (χ3v) is 3.25. The van der Waals surface area contributed by atoms with Crippen LogP contribution in [0.25, 0.3) is 11.2 Å². The van der Waals surface area contributed by atoms with E-state index in [0.717, 1.165) is 0 Å². The Morgan fingerprint density at radius 2 is 2.35 bits per heavy atom. The molecule has 0 bridgehead atoms. The summed E-state index contributed by atoms with van der Waals surface area (Å²) < 4.78 is 20.5. The molecule has 3 heterocycles. The van der Waals surface area contributed by atoms with E-state index >= 15 is 0 Å². The summed E-state index contributed by atoms with van der Waals surface area (Å²) in [6.07, 6.45) is -1.12. The van der Waals surface area contributed by atoms with Gasteiger partial charge in [0.2, 0.25) is 5.85 Å². The standard InChI is InChI=1S/C11H14FN5O3/c1-5-15-8(13)7-9(16-5)17(4-14-7)10-6(19)2-11(12,3-18)20-10/h4,6,10,18-19H,2-3H2,1H3,(H2,13,15,16)/t6-,10-,11+/m1/s1. The van der Waals surface area contributed by atoms with Crippen LogP contribution in [0.3, 0.4) is 0 Å². The molecule has 1 aliphatic heterocycles. The van der Waals surface area contributed by atoms with Gasteiger partial charge in [0.05, 0.1) is 6.33 Å². The van der Waals surface area contributed by atoms with Crippen molar-refractivity contribution in [3.8, 4) is 0 Å². The lowest BCUT2D eigenvalue weighted by Gasteiger charge is -2.18. The van der Waals surface area contributed by atoms with Crippen LogP contribution >= 0.6 is 0 Å². The van der Waals surface area contributed by atoms with Crippen molar-refractivity contribution in [3.63, 3.8) is 0 Å². The number of imidazole rings is 1. The van der Waals surface area contributed by atoms with Gasteiger partial charge in [-0.25, -0.2) is 19.3 Å². The normalized spacial score (nSPS) is 30.2. The van der Waals surface area contributed by atoms with Gasteiger partial charge >= 0.3 is 0 Å². The Morgan fingerprint density at radius 1 is 1.60 bits per heavy atom. The molecule has 9 heteroatoms. The van der Waals surface area contributed by atoms with Crippen LogP contribution in [-0.2, 0) is 4.74 Å². The van der Waals surface area contributed by atoms with Crippen molar-refractivity contribution in [2.75, 3.05) is 12.3 Å². The van der Waals surface area contributed by atoms with Crippen LogP contribution in [0.4, 0.5) is 10.2 Å². The number of alkyl halides is 1. The Kier molecular flexibility index (Phi) is 2.85. The molecule has 20 heavy (non-hydrogen) atoms. The quantitative estimate of drug-likeness (QED) is 0.689. The fraction of sp³-hybridized carbons (Fsp3) is 0.545. The van der Waals surface area contributed by atoms with Crippen molar-refractivity contribution >= 4 is 17.0 Å². The molecule has 1 aliphatic rings. The topological polar surface area (TPSA) is 119 Å². The number of hydrogen-bond acceptors (Lipinski definition) is 7. The smallest absolute Gasteiger partial charge is 0.237 e. The Morgan fingerprint density at radius 3 is 3.00 bits per heavy atom. The van der Waals surface area contributed by atoms with Gasteiger partial charge in [0.1, 0.15) is 24.1 Å². The first-order valence-corrected chi connectivity index (χ1v) is 6.06. The maximum absolute atomic E-state index is 14.0. The molecule has 0 amide bonds. The second kappa shape index (κ2) is 4.33. The summed E-state index contributed by atoms with van der Waals surface area (Å²) in [5.41, 5.74) is 6.44. The largest absolute Gasteiger partial charge is 0.390 e. The molecular weight excluding hydrogens is 269 g/mol. The lowest BCUT2D eigenvalue weighted by atomic mass is 10.2. The van der Waals surface area contributed by atoms with E-state index in [2.05, 4.69) is 15.0 Å². The zero-order valence-electron chi connectivity index (χ0n) is 10.7. The van der Waals surface area contributed by atoms with Crippen molar-refractivity contribution in [1.82, 2.24) is 19.5 Å². The molecule has 3 atom stereocenters. The summed E-state index contributed by atoms with van der Waals surface area (Å²) >= 11 is 0.